The van der Waals surface area contributed by atoms with Gasteiger partial charge >= 0.3 is 0 Å². The summed E-state index contributed by atoms with van der Waals surface area (Å²) >= 11 is 0. The molecule has 3 rings (SSSR count). The third-order valence-corrected chi connectivity index (χ3v) is 3.87. The topological polar surface area (TPSA) is 60.0 Å². The fourth-order valence-electron chi connectivity index (χ4n) is 2.66. The first-order chi connectivity index (χ1) is 8.79. The van der Waals surface area contributed by atoms with Gasteiger partial charge in [-0.15, -0.1) is 0 Å². The average Bonchev–Trinajstić information content (AvgIpc) is 2.81. The molecule has 1 fully saturated rings. The Labute approximate surface area is 107 Å². The molecule has 18 heavy (non-hydrogen) atoms. The van der Waals surface area contributed by atoms with Crippen LogP contribution in [0.4, 0.5) is 5.82 Å². The first-order valence-corrected chi connectivity index (χ1v) is 6.50. The summed E-state index contributed by atoms with van der Waals surface area (Å²) in [5, 5.41) is 0. The number of pyridine rings is 1. The number of aromatic nitrogens is 3. The molecule has 2 aromatic heterocycles. The lowest BCUT2D eigenvalue weighted by molar-refractivity contribution is 0.413. The van der Waals surface area contributed by atoms with E-state index in [2.05, 4.69) is 14.9 Å². The molecule has 2 N–H and O–H groups in total. The van der Waals surface area contributed by atoms with E-state index in [1.54, 1.807) is 0 Å². The Kier molecular flexibility index (Phi) is 2.91. The van der Waals surface area contributed by atoms with Crippen LogP contribution in [0.3, 0.4) is 0 Å². The van der Waals surface area contributed by atoms with Gasteiger partial charge in [0.05, 0.1) is 11.8 Å². The molecule has 96 valence electrons. The summed E-state index contributed by atoms with van der Waals surface area (Å²) in [4.78, 5) is 11.3. The van der Waals surface area contributed by atoms with Gasteiger partial charge in [-0.1, -0.05) is 0 Å². The van der Waals surface area contributed by atoms with Crippen LogP contribution in [0.25, 0.3) is 11.0 Å². The van der Waals surface area contributed by atoms with Gasteiger partial charge in [-0.3, -0.25) is 0 Å². The molecule has 1 aliphatic rings. The monoisotopic (exact) mass is 245 g/mol. The van der Waals surface area contributed by atoms with Crippen molar-refractivity contribution in [2.75, 3.05) is 24.5 Å². The zero-order valence-electron chi connectivity index (χ0n) is 10.7. The van der Waals surface area contributed by atoms with Crippen molar-refractivity contribution in [3.8, 4) is 0 Å². The number of fused-ring (bicyclic) bond motifs is 1. The fraction of sp³-hybridized carbons (Fsp3) is 0.538. The predicted molar refractivity (Wildman–Crippen MR) is 72.5 cm³/mol. The molecule has 0 bridgehead atoms. The summed E-state index contributed by atoms with van der Waals surface area (Å²) in [7, 11) is 2.01. The lowest BCUT2D eigenvalue weighted by atomic mass is 9.97. The third kappa shape index (κ3) is 1.84. The van der Waals surface area contributed by atoms with Gasteiger partial charge in [-0.05, 0) is 31.4 Å². The second-order valence-electron chi connectivity index (χ2n) is 5.02. The maximum atomic E-state index is 5.73. The minimum absolute atomic E-state index is 0.671. The Morgan fingerprint density at radius 3 is 2.83 bits per heavy atom. The number of aryl methyl sites for hydroxylation is 1. The highest BCUT2D eigenvalue weighted by atomic mass is 15.2. The SMILES string of the molecule is Cn1cnc2c(N3CCC(CN)CC3)nccc21. The summed E-state index contributed by atoms with van der Waals surface area (Å²) in [6.07, 6.45) is 6.03. The summed E-state index contributed by atoms with van der Waals surface area (Å²) in [5.74, 6) is 1.69. The lowest BCUT2D eigenvalue weighted by Crippen LogP contribution is -2.36. The lowest BCUT2D eigenvalue weighted by Gasteiger charge is -2.32. The van der Waals surface area contributed by atoms with Gasteiger partial charge in [-0.2, -0.15) is 0 Å². The van der Waals surface area contributed by atoms with Crippen LogP contribution in [-0.4, -0.2) is 34.2 Å². The van der Waals surface area contributed by atoms with Crippen molar-refractivity contribution in [2.24, 2.45) is 18.7 Å². The zero-order chi connectivity index (χ0) is 12.5. The minimum Gasteiger partial charge on any atom is -0.355 e. The van der Waals surface area contributed by atoms with Gasteiger partial charge < -0.3 is 15.2 Å². The van der Waals surface area contributed by atoms with E-state index in [1.807, 2.05) is 30.2 Å². The van der Waals surface area contributed by atoms with Crippen LogP contribution in [0.15, 0.2) is 18.6 Å². The minimum atomic E-state index is 0.671. The molecule has 1 aliphatic heterocycles. The van der Waals surface area contributed by atoms with E-state index in [0.29, 0.717) is 5.92 Å². The number of rotatable bonds is 2. The van der Waals surface area contributed by atoms with Crippen LogP contribution in [0.1, 0.15) is 12.8 Å². The highest BCUT2D eigenvalue weighted by Crippen LogP contribution is 2.26. The van der Waals surface area contributed by atoms with Crippen molar-refractivity contribution in [3.63, 3.8) is 0 Å². The van der Waals surface area contributed by atoms with Crippen molar-refractivity contribution >= 4 is 16.9 Å². The second kappa shape index (κ2) is 4.57. The van der Waals surface area contributed by atoms with E-state index < -0.39 is 0 Å². The Bertz CT molecular complexity index is 539. The number of hydrogen-bond acceptors (Lipinski definition) is 4. The summed E-state index contributed by atoms with van der Waals surface area (Å²) in [6.45, 7) is 2.87. The maximum Gasteiger partial charge on any atom is 0.156 e. The number of imidazole rings is 1. The summed E-state index contributed by atoms with van der Waals surface area (Å²) in [5.41, 5.74) is 7.88. The van der Waals surface area contributed by atoms with Crippen LogP contribution in [0.5, 0.6) is 0 Å². The Balaban J connectivity index is 1.91. The maximum absolute atomic E-state index is 5.73. The number of nitrogens with two attached hydrogens (primary N) is 1. The number of anilines is 1. The summed E-state index contributed by atoms with van der Waals surface area (Å²) in [6, 6.07) is 2.01. The predicted octanol–water partition coefficient (Wildman–Crippen LogP) is 1.14. The van der Waals surface area contributed by atoms with Gasteiger partial charge in [0, 0.05) is 26.3 Å². The molecular weight excluding hydrogens is 226 g/mol. The molecule has 0 aliphatic carbocycles. The van der Waals surface area contributed by atoms with Crippen molar-refractivity contribution < 1.29 is 0 Å². The van der Waals surface area contributed by atoms with E-state index in [0.717, 1.165) is 49.3 Å². The van der Waals surface area contributed by atoms with E-state index in [-0.39, 0.29) is 0 Å². The van der Waals surface area contributed by atoms with Crippen molar-refractivity contribution in [3.05, 3.63) is 18.6 Å². The molecule has 5 heteroatoms. The molecule has 5 nitrogen and oxygen atoms in total. The Morgan fingerprint density at radius 2 is 2.11 bits per heavy atom. The van der Waals surface area contributed by atoms with E-state index in [4.69, 9.17) is 5.73 Å². The molecule has 0 atom stereocenters. The van der Waals surface area contributed by atoms with Gasteiger partial charge in [-0.25, -0.2) is 9.97 Å². The summed E-state index contributed by atoms with van der Waals surface area (Å²) < 4.78 is 2.03. The first-order valence-electron chi connectivity index (χ1n) is 6.50. The molecular formula is C13H19N5. The largest absolute Gasteiger partial charge is 0.355 e. The van der Waals surface area contributed by atoms with Crippen molar-refractivity contribution in [1.82, 2.24) is 14.5 Å². The van der Waals surface area contributed by atoms with Crippen LogP contribution >= 0.6 is 0 Å². The fourth-order valence-corrected chi connectivity index (χ4v) is 2.66. The van der Waals surface area contributed by atoms with Crippen LogP contribution in [0.2, 0.25) is 0 Å². The van der Waals surface area contributed by atoms with Gasteiger partial charge in [0.1, 0.15) is 5.52 Å². The number of hydrogen-bond donors (Lipinski definition) is 1. The number of piperidine rings is 1. The van der Waals surface area contributed by atoms with Gasteiger partial charge in [0.2, 0.25) is 0 Å². The van der Waals surface area contributed by atoms with E-state index in [1.165, 1.54) is 0 Å². The standard InChI is InChI=1S/C13H19N5/c1-17-9-16-12-11(17)2-5-15-13(12)18-6-3-10(8-14)4-7-18/h2,5,9-10H,3-4,6-8,14H2,1H3. The van der Waals surface area contributed by atoms with Crippen LogP contribution in [0, 0.1) is 5.92 Å². The third-order valence-electron chi connectivity index (χ3n) is 3.87. The van der Waals surface area contributed by atoms with E-state index in [9.17, 15) is 0 Å². The molecule has 1 saturated heterocycles. The smallest absolute Gasteiger partial charge is 0.156 e. The molecule has 2 aromatic rings. The molecule has 3 heterocycles. The highest BCUT2D eigenvalue weighted by molar-refractivity contribution is 5.86. The van der Waals surface area contributed by atoms with Gasteiger partial charge in [0.25, 0.3) is 0 Å². The Hall–Kier alpha value is -1.62. The van der Waals surface area contributed by atoms with Gasteiger partial charge in [0.15, 0.2) is 5.82 Å². The molecule has 0 saturated carbocycles. The average molecular weight is 245 g/mol. The first kappa shape index (κ1) is 11.5. The highest BCUT2D eigenvalue weighted by Gasteiger charge is 2.21. The van der Waals surface area contributed by atoms with Crippen LogP contribution in [-0.2, 0) is 7.05 Å². The zero-order valence-corrected chi connectivity index (χ0v) is 10.7. The second-order valence-corrected chi connectivity index (χ2v) is 5.02. The molecule has 0 aromatic carbocycles. The molecule has 0 unspecified atom stereocenters. The quantitative estimate of drug-likeness (QED) is 0.862. The van der Waals surface area contributed by atoms with Crippen molar-refractivity contribution in [2.45, 2.75) is 12.8 Å². The molecule has 0 amide bonds. The van der Waals surface area contributed by atoms with Crippen molar-refractivity contribution in [1.29, 1.82) is 0 Å². The van der Waals surface area contributed by atoms with E-state index >= 15 is 0 Å². The van der Waals surface area contributed by atoms with Crippen LogP contribution < -0.4 is 10.6 Å². The number of nitrogens with zero attached hydrogens (tertiary/aromatic N) is 4. The molecule has 0 spiro atoms. The normalized spacial score (nSPS) is 17.6. The molecule has 0 radical (unpaired) electrons. The Morgan fingerprint density at radius 1 is 1.33 bits per heavy atom.